The quantitative estimate of drug-likeness (QED) is 0.759. The highest BCUT2D eigenvalue weighted by Crippen LogP contribution is 2.23. The fourth-order valence-electron chi connectivity index (χ4n) is 2.99. The number of nitrogens with zero attached hydrogens (tertiary/aromatic N) is 6. The molecule has 0 aliphatic carbocycles. The molecule has 0 bridgehead atoms. The van der Waals surface area contributed by atoms with Crippen LogP contribution in [0, 0.1) is 0 Å². The van der Waals surface area contributed by atoms with Gasteiger partial charge in [-0.1, -0.05) is 5.16 Å². The number of aromatic nitrogens is 5. The van der Waals surface area contributed by atoms with E-state index in [0.717, 1.165) is 30.0 Å². The Morgan fingerprint density at radius 2 is 1.96 bits per heavy atom. The Balaban J connectivity index is 1.51. The van der Waals surface area contributed by atoms with Gasteiger partial charge in [-0.25, -0.2) is 4.98 Å². The van der Waals surface area contributed by atoms with Crippen molar-refractivity contribution in [2.24, 2.45) is 0 Å². The third-order valence-corrected chi connectivity index (χ3v) is 4.32. The molecule has 1 aliphatic rings. The molecule has 1 saturated heterocycles. The highest BCUT2D eigenvalue weighted by Gasteiger charge is 2.15. The Hall–Kier alpha value is -2.74. The molecule has 8 nitrogen and oxygen atoms in total. The van der Waals surface area contributed by atoms with E-state index in [-0.39, 0.29) is 6.61 Å². The van der Waals surface area contributed by atoms with Crippen molar-refractivity contribution < 1.29 is 9.63 Å². The number of rotatable bonds is 5. The van der Waals surface area contributed by atoms with Crippen molar-refractivity contribution in [3.8, 4) is 22.8 Å². The van der Waals surface area contributed by atoms with Gasteiger partial charge in [-0.3, -0.25) is 4.68 Å². The van der Waals surface area contributed by atoms with Gasteiger partial charge >= 0.3 is 0 Å². The number of anilines is 1. The third kappa shape index (κ3) is 3.39. The number of hydrogen-bond donors (Lipinski definition) is 1. The molecule has 1 aliphatic heterocycles. The molecule has 130 valence electrons. The summed E-state index contributed by atoms with van der Waals surface area (Å²) in [5.41, 5.74) is 1.55. The summed E-state index contributed by atoms with van der Waals surface area (Å²) in [7, 11) is 0. The molecule has 0 unspecified atom stereocenters. The average Bonchev–Trinajstić information content (AvgIpc) is 3.32. The summed E-state index contributed by atoms with van der Waals surface area (Å²) < 4.78 is 6.96. The fourth-order valence-corrected chi connectivity index (χ4v) is 2.99. The van der Waals surface area contributed by atoms with Crippen LogP contribution in [-0.4, -0.2) is 49.7 Å². The van der Waals surface area contributed by atoms with Gasteiger partial charge in [0.2, 0.25) is 5.82 Å². The second kappa shape index (κ2) is 7.02. The fraction of sp³-hybridized carbons (Fsp3) is 0.412. The number of aliphatic hydroxyl groups is 1. The maximum atomic E-state index is 8.95. The Bertz CT molecular complexity index is 820. The standard InChI is InChI=1S/C17H20N6O2/c24-9-8-23-12-14(11-19-23)17-20-16(21-25-17)13-4-5-15(18-10-13)22-6-2-1-3-7-22/h4-5,10-12,24H,1-3,6-9H2. The minimum absolute atomic E-state index is 0.0330. The molecular weight excluding hydrogens is 320 g/mol. The van der Waals surface area contributed by atoms with E-state index in [0.29, 0.717) is 18.3 Å². The molecule has 8 heteroatoms. The molecule has 0 saturated carbocycles. The first-order valence-corrected chi connectivity index (χ1v) is 8.52. The highest BCUT2D eigenvalue weighted by molar-refractivity contribution is 5.59. The van der Waals surface area contributed by atoms with Crippen LogP contribution in [0.3, 0.4) is 0 Å². The van der Waals surface area contributed by atoms with Crippen molar-refractivity contribution in [3.63, 3.8) is 0 Å². The smallest absolute Gasteiger partial charge is 0.261 e. The number of hydrogen-bond acceptors (Lipinski definition) is 7. The zero-order valence-electron chi connectivity index (χ0n) is 13.9. The molecular formula is C17H20N6O2. The lowest BCUT2D eigenvalue weighted by molar-refractivity contribution is 0.269. The Labute approximate surface area is 145 Å². The van der Waals surface area contributed by atoms with Crippen LogP contribution in [0.2, 0.25) is 0 Å². The Kier molecular flexibility index (Phi) is 4.43. The van der Waals surface area contributed by atoms with Crippen molar-refractivity contribution in [3.05, 3.63) is 30.7 Å². The van der Waals surface area contributed by atoms with Crippen molar-refractivity contribution in [2.45, 2.75) is 25.8 Å². The van der Waals surface area contributed by atoms with Gasteiger partial charge in [0.05, 0.1) is 24.9 Å². The Morgan fingerprint density at radius 3 is 2.72 bits per heavy atom. The van der Waals surface area contributed by atoms with E-state index in [9.17, 15) is 0 Å². The SMILES string of the molecule is OCCn1cc(-c2nc(-c3ccc(N4CCCCC4)nc3)no2)cn1. The van der Waals surface area contributed by atoms with Gasteiger partial charge in [-0.15, -0.1) is 0 Å². The normalized spacial score (nSPS) is 14.8. The minimum Gasteiger partial charge on any atom is -0.394 e. The topological polar surface area (TPSA) is 93.1 Å². The second-order valence-corrected chi connectivity index (χ2v) is 6.09. The average molecular weight is 340 g/mol. The summed E-state index contributed by atoms with van der Waals surface area (Å²) in [5.74, 6) is 1.90. The highest BCUT2D eigenvalue weighted by atomic mass is 16.5. The van der Waals surface area contributed by atoms with Crippen LogP contribution in [0.15, 0.2) is 35.2 Å². The van der Waals surface area contributed by atoms with E-state index >= 15 is 0 Å². The van der Waals surface area contributed by atoms with E-state index in [4.69, 9.17) is 9.63 Å². The first-order chi connectivity index (χ1) is 12.3. The predicted octanol–water partition coefficient (Wildman–Crippen LogP) is 1.98. The molecule has 3 aromatic heterocycles. The number of pyridine rings is 1. The third-order valence-electron chi connectivity index (χ3n) is 4.32. The van der Waals surface area contributed by atoms with Gasteiger partial charge in [-0.05, 0) is 31.4 Å². The van der Waals surface area contributed by atoms with Gasteiger partial charge in [0.15, 0.2) is 0 Å². The van der Waals surface area contributed by atoms with Crippen LogP contribution in [0.4, 0.5) is 5.82 Å². The van der Waals surface area contributed by atoms with Crippen LogP contribution in [-0.2, 0) is 6.54 Å². The number of piperidine rings is 1. The maximum absolute atomic E-state index is 8.95. The van der Waals surface area contributed by atoms with Crippen LogP contribution < -0.4 is 4.90 Å². The molecule has 0 aromatic carbocycles. The molecule has 1 fully saturated rings. The molecule has 1 N–H and O–H groups in total. The van der Waals surface area contributed by atoms with Crippen molar-refractivity contribution >= 4 is 5.82 Å². The van der Waals surface area contributed by atoms with E-state index in [1.165, 1.54) is 19.3 Å². The van der Waals surface area contributed by atoms with Gasteiger partial charge in [-0.2, -0.15) is 10.1 Å². The monoisotopic (exact) mass is 340 g/mol. The summed E-state index contributed by atoms with van der Waals surface area (Å²) in [5, 5.41) is 17.1. The van der Waals surface area contributed by atoms with Crippen molar-refractivity contribution in [2.75, 3.05) is 24.6 Å². The van der Waals surface area contributed by atoms with E-state index in [1.54, 1.807) is 23.3 Å². The molecule has 4 heterocycles. The molecule has 3 aromatic rings. The largest absolute Gasteiger partial charge is 0.394 e. The van der Waals surface area contributed by atoms with Crippen LogP contribution in [0.1, 0.15) is 19.3 Å². The first kappa shape index (κ1) is 15.8. The lowest BCUT2D eigenvalue weighted by atomic mass is 10.1. The summed E-state index contributed by atoms with van der Waals surface area (Å²) in [6.07, 6.45) is 8.95. The molecule has 25 heavy (non-hydrogen) atoms. The summed E-state index contributed by atoms with van der Waals surface area (Å²) in [6, 6.07) is 3.98. The van der Waals surface area contributed by atoms with Gasteiger partial charge in [0.25, 0.3) is 5.89 Å². The zero-order valence-corrected chi connectivity index (χ0v) is 13.9. The van der Waals surface area contributed by atoms with E-state index < -0.39 is 0 Å². The van der Waals surface area contributed by atoms with Crippen LogP contribution in [0.25, 0.3) is 22.8 Å². The Morgan fingerprint density at radius 1 is 1.08 bits per heavy atom. The van der Waals surface area contributed by atoms with Gasteiger partial charge in [0.1, 0.15) is 5.82 Å². The molecule has 0 spiro atoms. The minimum atomic E-state index is 0.0330. The number of aliphatic hydroxyl groups excluding tert-OH is 1. The molecule has 0 amide bonds. The van der Waals surface area contributed by atoms with Crippen LogP contribution >= 0.6 is 0 Å². The summed E-state index contributed by atoms with van der Waals surface area (Å²) in [6.45, 7) is 2.60. The lowest BCUT2D eigenvalue weighted by Gasteiger charge is -2.27. The summed E-state index contributed by atoms with van der Waals surface area (Å²) in [4.78, 5) is 11.3. The first-order valence-electron chi connectivity index (χ1n) is 8.52. The lowest BCUT2D eigenvalue weighted by Crippen LogP contribution is -2.29. The zero-order chi connectivity index (χ0) is 17.1. The second-order valence-electron chi connectivity index (χ2n) is 6.09. The van der Waals surface area contributed by atoms with E-state index in [1.807, 2.05) is 12.1 Å². The van der Waals surface area contributed by atoms with Crippen LogP contribution in [0.5, 0.6) is 0 Å². The predicted molar refractivity (Wildman–Crippen MR) is 91.9 cm³/mol. The van der Waals surface area contributed by atoms with E-state index in [2.05, 4.69) is 25.1 Å². The molecule has 0 atom stereocenters. The maximum Gasteiger partial charge on any atom is 0.261 e. The van der Waals surface area contributed by atoms with Crippen molar-refractivity contribution in [1.82, 2.24) is 24.9 Å². The molecule has 0 radical (unpaired) electrons. The summed E-state index contributed by atoms with van der Waals surface area (Å²) >= 11 is 0. The molecule has 4 rings (SSSR count). The van der Waals surface area contributed by atoms with Gasteiger partial charge in [0, 0.05) is 31.0 Å². The van der Waals surface area contributed by atoms with Gasteiger partial charge < -0.3 is 14.5 Å². The van der Waals surface area contributed by atoms with Crippen molar-refractivity contribution in [1.29, 1.82) is 0 Å².